The number of nitrogens with one attached hydrogen (secondary N) is 2. The highest BCUT2D eigenvalue weighted by Crippen LogP contribution is 2.41. The third kappa shape index (κ3) is 3.01. The van der Waals surface area contributed by atoms with Crippen LogP contribution >= 0.6 is 0 Å². The molecule has 19 heavy (non-hydrogen) atoms. The lowest BCUT2D eigenvalue weighted by molar-refractivity contribution is 0.275. The SMILES string of the molecule is CCCC1(CNC2CC2c2ccccc2)CCNC1. The van der Waals surface area contributed by atoms with Crippen molar-refractivity contribution in [3.63, 3.8) is 0 Å². The Kier molecular flexibility index (Phi) is 3.90. The van der Waals surface area contributed by atoms with E-state index in [1.165, 1.54) is 50.9 Å². The fourth-order valence-electron chi connectivity index (χ4n) is 3.62. The van der Waals surface area contributed by atoms with Gasteiger partial charge in [-0.1, -0.05) is 43.7 Å². The summed E-state index contributed by atoms with van der Waals surface area (Å²) in [5.74, 6) is 0.759. The maximum absolute atomic E-state index is 3.83. The first-order valence-corrected chi connectivity index (χ1v) is 7.82. The van der Waals surface area contributed by atoms with Gasteiger partial charge in [0.05, 0.1) is 0 Å². The van der Waals surface area contributed by atoms with Crippen LogP contribution in [-0.2, 0) is 0 Å². The van der Waals surface area contributed by atoms with Crippen molar-refractivity contribution in [1.29, 1.82) is 0 Å². The summed E-state index contributed by atoms with van der Waals surface area (Å²) in [4.78, 5) is 0. The largest absolute Gasteiger partial charge is 0.316 e. The molecule has 0 radical (unpaired) electrons. The molecule has 0 amide bonds. The second-order valence-corrected chi connectivity index (χ2v) is 6.42. The van der Waals surface area contributed by atoms with E-state index < -0.39 is 0 Å². The fourth-order valence-corrected chi connectivity index (χ4v) is 3.62. The van der Waals surface area contributed by atoms with Gasteiger partial charge in [-0.2, -0.15) is 0 Å². The molecule has 3 rings (SSSR count). The minimum Gasteiger partial charge on any atom is -0.316 e. The van der Waals surface area contributed by atoms with Gasteiger partial charge in [-0.05, 0) is 36.8 Å². The summed E-state index contributed by atoms with van der Waals surface area (Å²) < 4.78 is 0. The van der Waals surface area contributed by atoms with E-state index in [-0.39, 0.29) is 0 Å². The van der Waals surface area contributed by atoms with Crippen molar-refractivity contribution in [2.24, 2.45) is 5.41 Å². The Bertz CT molecular complexity index is 395. The Morgan fingerprint density at radius 1 is 1.32 bits per heavy atom. The summed E-state index contributed by atoms with van der Waals surface area (Å²) in [5.41, 5.74) is 2.03. The zero-order valence-electron chi connectivity index (χ0n) is 12.0. The van der Waals surface area contributed by atoms with E-state index in [1.54, 1.807) is 0 Å². The summed E-state index contributed by atoms with van der Waals surface area (Å²) in [7, 11) is 0. The molecule has 1 aromatic rings. The molecule has 1 saturated heterocycles. The molecule has 1 saturated carbocycles. The van der Waals surface area contributed by atoms with Crippen molar-refractivity contribution in [2.45, 2.75) is 44.6 Å². The predicted molar refractivity (Wildman–Crippen MR) is 80.4 cm³/mol. The summed E-state index contributed by atoms with van der Waals surface area (Å²) in [6, 6.07) is 11.7. The van der Waals surface area contributed by atoms with E-state index in [0.717, 1.165) is 12.0 Å². The van der Waals surface area contributed by atoms with E-state index in [0.29, 0.717) is 5.41 Å². The van der Waals surface area contributed by atoms with Crippen LogP contribution in [0.25, 0.3) is 0 Å². The van der Waals surface area contributed by atoms with Crippen molar-refractivity contribution >= 4 is 0 Å². The molecule has 0 bridgehead atoms. The molecule has 1 aromatic carbocycles. The quantitative estimate of drug-likeness (QED) is 0.820. The smallest absolute Gasteiger partial charge is 0.0143 e. The molecule has 0 aromatic heterocycles. The summed E-state index contributed by atoms with van der Waals surface area (Å²) in [6.45, 7) is 5.91. The predicted octanol–water partition coefficient (Wildman–Crippen LogP) is 2.91. The minimum absolute atomic E-state index is 0.526. The zero-order chi connectivity index (χ0) is 13.1. The van der Waals surface area contributed by atoms with E-state index in [2.05, 4.69) is 47.9 Å². The van der Waals surface area contributed by atoms with Gasteiger partial charge in [0.25, 0.3) is 0 Å². The third-order valence-electron chi connectivity index (χ3n) is 4.87. The molecule has 2 heteroatoms. The van der Waals surface area contributed by atoms with Crippen molar-refractivity contribution < 1.29 is 0 Å². The van der Waals surface area contributed by atoms with Gasteiger partial charge in [0, 0.05) is 25.0 Å². The van der Waals surface area contributed by atoms with Crippen molar-refractivity contribution in [3.8, 4) is 0 Å². The normalized spacial score (nSPS) is 33.5. The Labute approximate surface area is 117 Å². The molecule has 2 N–H and O–H groups in total. The highest BCUT2D eigenvalue weighted by molar-refractivity contribution is 5.27. The molecule has 2 fully saturated rings. The maximum Gasteiger partial charge on any atom is 0.0143 e. The van der Waals surface area contributed by atoms with Gasteiger partial charge in [0.1, 0.15) is 0 Å². The highest BCUT2D eigenvalue weighted by atomic mass is 15.0. The first-order chi connectivity index (χ1) is 9.33. The zero-order valence-corrected chi connectivity index (χ0v) is 12.0. The fraction of sp³-hybridized carbons (Fsp3) is 0.647. The van der Waals surface area contributed by atoms with Gasteiger partial charge in [-0.25, -0.2) is 0 Å². The van der Waals surface area contributed by atoms with Crippen LogP contribution in [-0.4, -0.2) is 25.7 Å². The Morgan fingerprint density at radius 2 is 2.16 bits per heavy atom. The first kappa shape index (κ1) is 13.1. The monoisotopic (exact) mass is 258 g/mol. The molecule has 2 aliphatic rings. The average molecular weight is 258 g/mol. The van der Waals surface area contributed by atoms with Crippen molar-refractivity contribution in [2.75, 3.05) is 19.6 Å². The highest BCUT2D eigenvalue weighted by Gasteiger charge is 2.40. The molecular formula is C17H26N2. The molecule has 104 valence electrons. The molecule has 1 aliphatic carbocycles. The molecule has 3 unspecified atom stereocenters. The number of benzene rings is 1. The van der Waals surface area contributed by atoms with Crippen molar-refractivity contribution in [3.05, 3.63) is 35.9 Å². The standard InChI is InChI=1S/C17H26N2/c1-2-8-17(9-10-18-12-17)13-19-16-11-15(16)14-6-4-3-5-7-14/h3-7,15-16,18-19H,2,8-13H2,1H3. The van der Waals surface area contributed by atoms with Crippen LogP contribution in [0.4, 0.5) is 0 Å². The average Bonchev–Trinajstić information content (AvgIpc) is 3.10. The summed E-state index contributed by atoms with van der Waals surface area (Å²) >= 11 is 0. The summed E-state index contributed by atoms with van der Waals surface area (Å²) in [5, 5.41) is 7.38. The van der Waals surface area contributed by atoms with Gasteiger partial charge < -0.3 is 10.6 Å². The lowest BCUT2D eigenvalue weighted by Gasteiger charge is -2.28. The Balaban J connectivity index is 1.51. The van der Waals surface area contributed by atoms with E-state index in [9.17, 15) is 0 Å². The van der Waals surface area contributed by atoms with Gasteiger partial charge >= 0.3 is 0 Å². The van der Waals surface area contributed by atoms with E-state index >= 15 is 0 Å². The van der Waals surface area contributed by atoms with Gasteiger partial charge in [-0.3, -0.25) is 0 Å². The van der Waals surface area contributed by atoms with Gasteiger partial charge in [0.15, 0.2) is 0 Å². The first-order valence-electron chi connectivity index (χ1n) is 7.82. The van der Waals surface area contributed by atoms with Crippen LogP contribution in [0, 0.1) is 5.41 Å². The topological polar surface area (TPSA) is 24.1 Å². The van der Waals surface area contributed by atoms with Gasteiger partial charge in [0.2, 0.25) is 0 Å². The van der Waals surface area contributed by atoms with E-state index in [4.69, 9.17) is 0 Å². The molecule has 2 nitrogen and oxygen atoms in total. The molecule has 3 atom stereocenters. The third-order valence-corrected chi connectivity index (χ3v) is 4.87. The van der Waals surface area contributed by atoms with Crippen LogP contribution in [0.3, 0.4) is 0 Å². The van der Waals surface area contributed by atoms with Gasteiger partial charge in [-0.15, -0.1) is 0 Å². The van der Waals surface area contributed by atoms with Crippen LogP contribution in [0.15, 0.2) is 30.3 Å². The van der Waals surface area contributed by atoms with Crippen LogP contribution < -0.4 is 10.6 Å². The van der Waals surface area contributed by atoms with Crippen LogP contribution in [0.1, 0.15) is 44.1 Å². The Morgan fingerprint density at radius 3 is 2.84 bits per heavy atom. The number of hydrogen-bond donors (Lipinski definition) is 2. The molecule has 1 aliphatic heterocycles. The maximum atomic E-state index is 3.83. The second kappa shape index (κ2) is 5.64. The van der Waals surface area contributed by atoms with E-state index in [1.807, 2.05) is 0 Å². The van der Waals surface area contributed by atoms with Crippen molar-refractivity contribution in [1.82, 2.24) is 10.6 Å². The number of rotatable bonds is 6. The molecule has 1 heterocycles. The minimum atomic E-state index is 0.526. The molecule has 0 spiro atoms. The Hall–Kier alpha value is -0.860. The van der Waals surface area contributed by atoms with Crippen LogP contribution in [0.5, 0.6) is 0 Å². The summed E-state index contributed by atoms with van der Waals surface area (Å²) in [6.07, 6.45) is 5.32. The lowest BCUT2D eigenvalue weighted by atomic mass is 9.82. The second-order valence-electron chi connectivity index (χ2n) is 6.42. The molecular weight excluding hydrogens is 232 g/mol. The lowest BCUT2D eigenvalue weighted by Crippen LogP contribution is -2.37. The number of hydrogen-bond acceptors (Lipinski definition) is 2. The van der Waals surface area contributed by atoms with Crippen LogP contribution in [0.2, 0.25) is 0 Å².